The number of rotatable bonds is 37. The van der Waals surface area contributed by atoms with Gasteiger partial charge in [-0.3, -0.25) is 14.4 Å². The van der Waals surface area contributed by atoms with E-state index in [2.05, 4.69) is 13.8 Å². The van der Waals surface area contributed by atoms with Gasteiger partial charge in [0, 0.05) is 0 Å². The van der Waals surface area contributed by atoms with E-state index in [0.29, 0.717) is 0 Å². The van der Waals surface area contributed by atoms with E-state index in [4.69, 9.17) is 14.2 Å². The van der Waals surface area contributed by atoms with Crippen LogP contribution in [0.1, 0.15) is 168 Å². The van der Waals surface area contributed by atoms with Crippen LogP contribution in [0.25, 0.3) is 0 Å². The Morgan fingerprint density at radius 1 is 0.447 bits per heavy atom. The highest BCUT2D eigenvalue weighted by Gasteiger charge is 2.19. The van der Waals surface area contributed by atoms with Crippen molar-refractivity contribution in [2.75, 3.05) is 48.2 Å². The van der Waals surface area contributed by atoms with Crippen LogP contribution in [-0.4, -0.2) is 72.2 Å². The topological polar surface area (TPSA) is 78.9 Å². The summed E-state index contributed by atoms with van der Waals surface area (Å²) in [6, 6.07) is 0. The summed E-state index contributed by atoms with van der Waals surface area (Å²) in [5, 5.41) is 0. The molecular weight excluding hydrogens is 649 g/mol. The van der Waals surface area contributed by atoms with E-state index in [1.54, 1.807) is 23.5 Å². The van der Waals surface area contributed by atoms with E-state index >= 15 is 0 Å². The van der Waals surface area contributed by atoms with Gasteiger partial charge in [0.2, 0.25) is 0 Å². The molecule has 0 bridgehead atoms. The SMILES string of the molecule is CCCCCCCCCCCCCCSCC(=O)OCC(COC(=O)CSCCCCCCCCCCCCCC)OC(=O)CSC. The predicted octanol–water partition coefficient (Wildman–Crippen LogP) is 11.2. The van der Waals surface area contributed by atoms with Gasteiger partial charge in [-0.25, -0.2) is 0 Å². The third kappa shape index (κ3) is 36.6. The fourth-order valence-corrected chi connectivity index (χ4v) is 7.22. The molecular formula is C38H72O6S3. The third-order valence-corrected chi connectivity index (χ3v) is 10.7. The maximum atomic E-state index is 12.3. The molecule has 0 heterocycles. The molecule has 0 aromatic rings. The van der Waals surface area contributed by atoms with Crippen LogP contribution in [-0.2, 0) is 28.6 Å². The molecule has 0 saturated carbocycles. The predicted molar refractivity (Wildman–Crippen MR) is 207 cm³/mol. The maximum Gasteiger partial charge on any atom is 0.316 e. The molecule has 0 rings (SSSR count). The Hall–Kier alpha value is -0.540. The second-order valence-electron chi connectivity index (χ2n) is 12.8. The lowest BCUT2D eigenvalue weighted by atomic mass is 10.1. The molecule has 0 aromatic heterocycles. The highest BCUT2D eigenvalue weighted by atomic mass is 32.2. The molecule has 0 amide bonds. The van der Waals surface area contributed by atoms with Crippen molar-refractivity contribution in [1.82, 2.24) is 0 Å². The first-order chi connectivity index (χ1) is 23.0. The molecule has 278 valence electrons. The van der Waals surface area contributed by atoms with Gasteiger partial charge in [-0.15, -0.1) is 0 Å². The summed E-state index contributed by atoms with van der Waals surface area (Å²) < 4.78 is 16.2. The zero-order chi connectivity index (χ0) is 34.5. The fourth-order valence-electron chi connectivity index (χ4n) is 5.31. The smallest absolute Gasteiger partial charge is 0.316 e. The second-order valence-corrected chi connectivity index (χ2v) is 15.9. The summed E-state index contributed by atoms with van der Waals surface area (Å²) in [6.07, 6.45) is 32.7. The van der Waals surface area contributed by atoms with Crippen LogP contribution in [0.3, 0.4) is 0 Å². The lowest BCUT2D eigenvalue weighted by Crippen LogP contribution is -2.32. The van der Waals surface area contributed by atoms with Gasteiger partial charge < -0.3 is 14.2 Å². The summed E-state index contributed by atoms with van der Waals surface area (Å²) in [6.45, 7) is 4.32. The van der Waals surface area contributed by atoms with Gasteiger partial charge in [0.05, 0.1) is 17.3 Å². The Morgan fingerprint density at radius 2 is 0.766 bits per heavy atom. The summed E-state index contributed by atoms with van der Waals surface area (Å²) >= 11 is 4.52. The number of carbonyl (C=O) groups excluding carboxylic acids is 3. The zero-order valence-corrected chi connectivity index (χ0v) is 33.1. The van der Waals surface area contributed by atoms with E-state index in [0.717, 1.165) is 24.3 Å². The minimum atomic E-state index is -0.787. The highest BCUT2D eigenvalue weighted by Crippen LogP contribution is 2.15. The van der Waals surface area contributed by atoms with Crippen molar-refractivity contribution in [3.05, 3.63) is 0 Å². The molecule has 0 fully saturated rings. The normalized spacial score (nSPS) is 11.2. The number of carbonyl (C=O) groups is 3. The first-order valence-electron chi connectivity index (χ1n) is 19.2. The molecule has 47 heavy (non-hydrogen) atoms. The monoisotopic (exact) mass is 720 g/mol. The number of hydrogen-bond donors (Lipinski definition) is 0. The Morgan fingerprint density at radius 3 is 1.09 bits per heavy atom. The van der Waals surface area contributed by atoms with Gasteiger partial charge in [0.25, 0.3) is 0 Å². The van der Waals surface area contributed by atoms with Crippen molar-refractivity contribution >= 4 is 53.2 Å². The van der Waals surface area contributed by atoms with Crippen molar-refractivity contribution < 1.29 is 28.6 Å². The van der Waals surface area contributed by atoms with Crippen molar-refractivity contribution in [3.8, 4) is 0 Å². The van der Waals surface area contributed by atoms with Gasteiger partial charge in [0.1, 0.15) is 13.2 Å². The van der Waals surface area contributed by atoms with Crippen LogP contribution in [0, 0.1) is 0 Å². The van der Waals surface area contributed by atoms with E-state index in [1.165, 1.54) is 153 Å². The Bertz CT molecular complexity index is 661. The Balaban J connectivity index is 3.89. The van der Waals surface area contributed by atoms with E-state index in [-0.39, 0.29) is 42.4 Å². The lowest BCUT2D eigenvalue weighted by Gasteiger charge is -2.18. The Kier molecular flexibility index (Phi) is 37.8. The first-order valence-corrected chi connectivity index (χ1v) is 22.9. The molecule has 0 aromatic carbocycles. The molecule has 6 nitrogen and oxygen atoms in total. The van der Waals surface area contributed by atoms with Crippen LogP contribution < -0.4 is 0 Å². The number of ether oxygens (including phenoxy) is 3. The molecule has 0 atom stereocenters. The highest BCUT2D eigenvalue weighted by molar-refractivity contribution is 8.00. The van der Waals surface area contributed by atoms with Gasteiger partial charge in [0.15, 0.2) is 6.10 Å². The molecule has 0 unspecified atom stereocenters. The van der Waals surface area contributed by atoms with Crippen LogP contribution in [0.2, 0.25) is 0 Å². The maximum absolute atomic E-state index is 12.3. The molecule has 9 heteroatoms. The van der Waals surface area contributed by atoms with E-state index in [1.807, 2.05) is 6.26 Å². The molecule has 0 aliphatic rings. The molecule has 0 saturated heterocycles. The van der Waals surface area contributed by atoms with Gasteiger partial charge in [-0.05, 0) is 30.6 Å². The standard InChI is InChI=1S/C38H72O6S3/c1-4-6-8-10-12-14-16-18-20-22-24-26-28-46-33-36(39)42-30-35(44-38(41)32-45-3)31-43-37(40)34-47-29-27-25-23-21-19-17-15-13-11-9-7-5-2/h35H,4-34H2,1-3H3. The third-order valence-electron chi connectivity index (χ3n) is 8.15. The quantitative estimate of drug-likeness (QED) is 0.0354. The lowest BCUT2D eigenvalue weighted by molar-refractivity contribution is -0.163. The fraction of sp³-hybridized carbons (Fsp3) is 0.921. The van der Waals surface area contributed by atoms with Crippen molar-refractivity contribution in [1.29, 1.82) is 0 Å². The minimum absolute atomic E-state index is 0.0998. The summed E-state index contributed by atoms with van der Waals surface area (Å²) in [7, 11) is 0. The van der Waals surface area contributed by atoms with Crippen molar-refractivity contribution in [3.63, 3.8) is 0 Å². The van der Waals surface area contributed by atoms with Crippen LogP contribution in [0.4, 0.5) is 0 Å². The minimum Gasteiger partial charge on any atom is -0.461 e. The number of esters is 3. The average molecular weight is 721 g/mol. The second kappa shape index (κ2) is 38.3. The average Bonchev–Trinajstić information content (AvgIpc) is 3.06. The Labute approximate surface area is 302 Å². The van der Waals surface area contributed by atoms with Crippen molar-refractivity contribution in [2.45, 2.75) is 174 Å². The van der Waals surface area contributed by atoms with Crippen LogP contribution in [0.15, 0.2) is 0 Å². The molecule has 0 N–H and O–H groups in total. The molecule has 0 aliphatic heterocycles. The first kappa shape index (κ1) is 46.5. The summed E-state index contributed by atoms with van der Waals surface area (Å²) in [5.74, 6) is 1.56. The summed E-state index contributed by atoms with van der Waals surface area (Å²) in [4.78, 5) is 36.6. The zero-order valence-electron chi connectivity index (χ0n) is 30.7. The molecule has 0 radical (unpaired) electrons. The van der Waals surface area contributed by atoms with Gasteiger partial charge >= 0.3 is 17.9 Å². The van der Waals surface area contributed by atoms with Gasteiger partial charge in [-0.2, -0.15) is 35.3 Å². The summed E-state index contributed by atoms with van der Waals surface area (Å²) in [5.41, 5.74) is 0. The van der Waals surface area contributed by atoms with Crippen LogP contribution in [0.5, 0.6) is 0 Å². The van der Waals surface area contributed by atoms with E-state index in [9.17, 15) is 14.4 Å². The van der Waals surface area contributed by atoms with Gasteiger partial charge in [-0.1, -0.05) is 155 Å². The van der Waals surface area contributed by atoms with Crippen LogP contribution >= 0.6 is 35.3 Å². The number of unbranched alkanes of at least 4 members (excludes halogenated alkanes) is 22. The van der Waals surface area contributed by atoms with E-state index < -0.39 is 12.1 Å². The molecule has 0 spiro atoms. The van der Waals surface area contributed by atoms with Crippen molar-refractivity contribution in [2.24, 2.45) is 0 Å². The number of hydrogen-bond acceptors (Lipinski definition) is 9. The molecule has 0 aliphatic carbocycles. The number of thioether (sulfide) groups is 3. The largest absolute Gasteiger partial charge is 0.461 e.